The van der Waals surface area contributed by atoms with Gasteiger partial charge in [0.1, 0.15) is 17.3 Å². The summed E-state index contributed by atoms with van der Waals surface area (Å²) in [6.07, 6.45) is 4.86. The van der Waals surface area contributed by atoms with Crippen LogP contribution in [0.25, 0.3) is 22.2 Å². The molecular formula is C90H91BBr5FN10O11. The fourth-order valence-corrected chi connectivity index (χ4v) is 13.5. The number of aromatic nitrogens is 4. The van der Waals surface area contributed by atoms with Crippen LogP contribution in [0.15, 0.2) is 281 Å². The maximum Gasteiger partial charge on any atom is 0.500 e. The normalized spacial score (nSPS) is 12.5. The third-order valence-electron chi connectivity index (χ3n) is 18.9. The Morgan fingerprint density at radius 1 is 0.568 bits per heavy atom. The number of benzene rings is 10. The largest absolute Gasteiger partial charge is 0.500 e. The van der Waals surface area contributed by atoms with E-state index in [0.717, 1.165) is 129 Å². The minimum atomic E-state index is -0.829. The van der Waals surface area contributed by atoms with Gasteiger partial charge in [-0.1, -0.05) is 248 Å². The Hall–Kier alpha value is -10.4. The van der Waals surface area contributed by atoms with Crippen molar-refractivity contribution in [3.63, 3.8) is 0 Å². The molecule has 0 bridgehead atoms. The molecule has 13 aromatic rings. The quantitative estimate of drug-likeness (QED) is 0.0266. The summed E-state index contributed by atoms with van der Waals surface area (Å²) in [6.45, 7) is 19.3. The highest BCUT2D eigenvalue weighted by Crippen LogP contribution is 2.38. The summed E-state index contributed by atoms with van der Waals surface area (Å²) in [4.78, 5) is 60.4. The molecule has 21 nitrogen and oxygen atoms in total. The number of alkyl halides is 1. The topological polar surface area (TPSA) is 293 Å². The Kier molecular flexibility index (Phi) is 35.9. The first-order valence-corrected chi connectivity index (χ1v) is 41.7. The number of rotatable bonds is 16. The van der Waals surface area contributed by atoms with Gasteiger partial charge in [-0.2, -0.15) is 4.39 Å². The lowest BCUT2D eigenvalue weighted by Crippen LogP contribution is -2.41. The summed E-state index contributed by atoms with van der Waals surface area (Å²) in [5.41, 5.74) is 27.0. The van der Waals surface area contributed by atoms with Gasteiger partial charge in [0, 0.05) is 58.8 Å². The maximum absolute atomic E-state index is 12.6. The van der Waals surface area contributed by atoms with Gasteiger partial charge in [-0.05, 0) is 200 Å². The van der Waals surface area contributed by atoms with E-state index in [9.17, 15) is 39.0 Å². The average molecular weight is 1920 g/mol. The number of anilines is 3. The monoisotopic (exact) mass is 1910 g/mol. The summed E-state index contributed by atoms with van der Waals surface area (Å²) < 4.78 is 40.1. The van der Waals surface area contributed by atoms with Crippen LogP contribution < -0.4 is 32.7 Å². The molecule has 0 aliphatic carbocycles. The highest BCUT2D eigenvalue weighted by atomic mass is 79.9. The zero-order valence-corrected chi connectivity index (χ0v) is 74.6. The van der Waals surface area contributed by atoms with Crippen molar-refractivity contribution in [2.45, 2.75) is 119 Å². The van der Waals surface area contributed by atoms with Gasteiger partial charge in [-0.15, -0.1) is 0 Å². The molecule has 612 valence electrons. The van der Waals surface area contributed by atoms with Crippen molar-refractivity contribution in [1.29, 1.82) is 0 Å². The van der Waals surface area contributed by atoms with E-state index >= 15 is 0 Å². The summed E-state index contributed by atoms with van der Waals surface area (Å²) in [5, 5.41) is 32.6. The number of aryl methyl sites for hydroxylation is 8. The van der Waals surface area contributed by atoms with Crippen LogP contribution in [0.5, 0.6) is 0 Å². The molecule has 5 heterocycles. The van der Waals surface area contributed by atoms with Gasteiger partial charge in [0.2, 0.25) is 11.7 Å². The van der Waals surface area contributed by atoms with Gasteiger partial charge in [0.05, 0.1) is 86.0 Å². The number of carbonyl (C=O) groups excluding carboxylic acids is 2. The van der Waals surface area contributed by atoms with Gasteiger partial charge in [0.15, 0.2) is 0 Å². The summed E-state index contributed by atoms with van der Waals surface area (Å²) in [6, 6.07) is 76.9. The zero-order chi connectivity index (χ0) is 85.6. The van der Waals surface area contributed by atoms with Crippen LogP contribution in [0, 0.1) is 53.7 Å². The lowest BCUT2D eigenvalue weighted by Gasteiger charge is -2.32. The van der Waals surface area contributed by atoms with Crippen molar-refractivity contribution in [3.8, 4) is 11.1 Å². The number of amides is 1. The number of nitrogens with zero attached hydrogens (tertiary/aromatic N) is 7. The summed E-state index contributed by atoms with van der Waals surface area (Å²) in [7, 11) is -0.378. The second-order valence-corrected chi connectivity index (χ2v) is 32.3. The van der Waals surface area contributed by atoms with Crippen LogP contribution in [0.1, 0.15) is 96.5 Å². The molecule has 0 unspecified atom stereocenters. The first-order valence-electron chi connectivity index (χ1n) is 37.4. The smallest absolute Gasteiger partial charge is 0.399 e. The average Bonchev–Trinajstić information content (AvgIpc) is 1.53. The fraction of sp³-hybridized carbons (Fsp3) is 0.222. The van der Waals surface area contributed by atoms with Gasteiger partial charge in [-0.25, -0.2) is 4.98 Å². The molecule has 0 saturated carbocycles. The van der Waals surface area contributed by atoms with Gasteiger partial charge in [0.25, 0.3) is 11.2 Å². The van der Waals surface area contributed by atoms with E-state index < -0.39 is 16.4 Å². The van der Waals surface area contributed by atoms with Gasteiger partial charge < -0.3 is 44.6 Å². The standard InChI is InChI=1S/C20H17N3O2.C15H13BrN2O.C14H12BrNO2.C14H14BrN.C11H18BNO3.C7H9N.C6H3BrFNO2.C3H5BrO/c1-13-20(14(2)25-22-13)16-8-9-17-18(10-16)23(19(24)11-21-17)12-15-6-4-3-5-7-15;16-12-6-7-13-14(8-12)18(15(19)9-17-13)10-11-4-2-1-3-5-11;15-13-8-9-14(16(17)18)12(10-13)7-6-11-4-2-1-3-5-11;15-13-8-9-14(16)12(10-13)7-6-11-4-2-1-3-5-11;1-7-9(8(2)14-13-7)12-15-10(3,4)11(5,6)16-12;8-6-7-4-2-1-3-5-7;7-4-1-2-6(9(10)11)5(8)3-4;1-3(5)2-4/h3-11H,12H2,1-2H3;1-8,17H,9-10H2;1-5,8-10H,6-7H2;1-5,8-10H,6-7,16H2;1-6H3;1-5H,6,8H2;1-3H;2H2,1H3. The number of nitrogens with one attached hydrogen (secondary N) is 1. The first kappa shape index (κ1) is 93.1. The molecule has 10 aromatic carbocycles. The number of halogens is 6. The van der Waals surface area contributed by atoms with Crippen LogP contribution in [0.4, 0.5) is 32.8 Å². The molecule has 0 atom stereocenters. The molecule has 1 amide bonds. The predicted molar refractivity (Wildman–Crippen MR) is 485 cm³/mol. The molecule has 2 aliphatic rings. The van der Waals surface area contributed by atoms with Crippen molar-refractivity contribution < 1.29 is 42.2 Å². The second-order valence-electron chi connectivity index (χ2n) is 28.1. The molecule has 2 aliphatic heterocycles. The molecule has 15 rings (SSSR count). The second kappa shape index (κ2) is 45.5. The third-order valence-corrected chi connectivity index (χ3v) is 21.6. The molecule has 28 heteroatoms. The van der Waals surface area contributed by atoms with E-state index in [1.807, 2.05) is 242 Å². The number of hydrogen-bond acceptors (Lipinski definition) is 17. The number of nitrogens with two attached hydrogens (primary N) is 2. The Balaban J connectivity index is 0.000000173. The minimum absolute atomic E-state index is 0.0921. The molecule has 0 radical (unpaired) electrons. The summed E-state index contributed by atoms with van der Waals surface area (Å²) in [5.74, 6) is 0.956. The van der Waals surface area contributed by atoms with E-state index in [2.05, 4.69) is 131 Å². The Labute approximate surface area is 728 Å². The number of nitrogen functional groups attached to an aromatic ring is 1. The number of ketones is 1. The van der Waals surface area contributed by atoms with Gasteiger partial charge >= 0.3 is 12.8 Å². The molecule has 3 aromatic heterocycles. The predicted octanol–water partition coefficient (Wildman–Crippen LogP) is 21.3. The number of nitro groups is 2. The van der Waals surface area contributed by atoms with Crippen LogP contribution in [-0.4, -0.2) is 71.6 Å². The van der Waals surface area contributed by atoms with E-state index in [-0.39, 0.29) is 46.2 Å². The van der Waals surface area contributed by atoms with Crippen LogP contribution >= 0.6 is 79.6 Å². The Morgan fingerprint density at radius 2 is 1.03 bits per heavy atom. The van der Waals surface area contributed by atoms with E-state index in [4.69, 9.17) is 29.8 Å². The molecule has 1 saturated heterocycles. The lowest BCUT2D eigenvalue weighted by atomic mass is 9.77. The lowest BCUT2D eigenvalue weighted by molar-refractivity contribution is -0.387. The molecule has 0 spiro atoms. The summed E-state index contributed by atoms with van der Waals surface area (Å²) >= 11 is 16.2. The van der Waals surface area contributed by atoms with Crippen LogP contribution in [0.2, 0.25) is 0 Å². The van der Waals surface area contributed by atoms with Crippen LogP contribution in [-0.2, 0) is 64.2 Å². The number of carbonyl (C=O) groups is 2. The van der Waals surface area contributed by atoms with Crippen molar-refractivity contribution in [1.82, 2.24) is 19.9 Å². The highest BCUT2D eigenvalue weighted by molar-refractivity contribution is 9.11. The first-order chi connectivity index (χ1) is 56.3. The highest BCUT2D eigenvalue weighted by Gasteiger charge is 2.53. The third kappa shape index (κ3) is 27.9. The number of fused-ring (bicyclic) bond motifs is 2. The van der Waals surface area contributed by atoms with Crippen LogP contribution in [0.3, 0.4) is 0 Å². The van der Waals surface area contributed by atoms with Crippen molar-refractivity contribution in [3.05, 3.63) is 365 Å². The Bertz CT molecular complexity index is 5490. The van der Waals surface area contributed by atoms with E-state index in [0.29, 0.717) is 42.4 Å². The van der Waals surface area contributed by atoms with Crippen molar-refractivity contribution >= 4 is 143 Å². The SMILES string of the molecule is CC(=O)CBr.Cc1noc(C)c1-c1ccc2ncc(=O)n(Cc3ccccc3)c2c1.Cc1noc(C)c1B1OC(C)(C)C(C)(C)O1.NCc1ccccc1.Nc1ccc(Br)cc1CCc1ccccc1.O=C1CNc2ccc(Br)cc2N1Cc1ccccc1.O=[N+]([O-])c1ccc(Br)cc1CCc1ccccc1.O=[N+]([O-])c1ccc(Br)cc1F. The number of hydrogen-bond donors (Lipinski definition) is 3. The maximum atomic E-state index is 12.6. The van der Waals surface area contributed by atoms with E-state index in [1.54, 1.807) is 16.7 Å². The van der Waals surface area contributed by atoms with Crippen molar-refractivity contribution in [2.75, 3.05) is 27.8 Å². The van der Waals surface area contributed by atoms with E-state index in [1.165, 1.54) is 41.4 Å². The number of Topliss-reactive ketones (excluding diaryl/α,β-unsaturated/α-hetero) is 1. The number of nitro benzene ring substituents is 2. The van der Waals surface area contributed by atoms with Gasteiger partial charge in [-0.3, -0.25) is 34.6 Å². The molecule has 1 fully saturated rings. The van der Waals surface area contributed by atoms with Crippen molar-refractivity contribution in [2.24, 2.45) is 5.73 Å². The molecule has 5 N–H and O–H groups in total. The minimum Gasteiger partial charge on any atom is -0.399 e. The Morgan fingerprint density at radius 3 is 1.51 bits per heavy atom. The molecular weight excluding hydrogens is 1830 g/mol. The zero-order valence-electron chi connectivity index (χ0n) is 66.7. The molecule has 118 heavy (non-hydrogen) atoms. The fourth-order valence-electron chi connectivity index (χ4n) is 12.0.